The maximum Gasteiger partial charge on any atom is 0.262 e. The van der Waals surface area contributed by atoms with E-state index in [0.717, 1.165) is 0 Å². The fourth-order valence-electron chi connectivity index (χ4n) is 1.45. The van der Waals surface area contributed by atoms with Crippen LogP contribution >= 0.6 is 15.9 Å². The van der Waals surface area contributed by atoms with Crippen LogP contribution < -0.4 is 10.1 Å². The molecule has 0 bridgehead atoms. The van der Waals surface area contributed by atoms with Gasteiger partial charge in [-0.1, -0.05) is 34.1 Å². The molecule has 19 heavy (non-hydrogen) atoms. The fraction of sp³-hybridized carbons (Fsp3) is 0.0714. The van der Waals surface area contributed by atoms with Gasteiger partial charge in [0.2, 0.25) is 0 Å². The maximum atomic E-state index is 13.4. The van der Waals surface area contributed by atoms with Crippen molar-refractivity contribution >= 4 is 27.5 Å². The first kappa shape index (κ1) is 13.5. The number of anilines is 1. The van der Waals surface area contributed by atoms with Crippen LogP contribution in [0.3, 0.4) is 0 Å². The number of rotatable bonds is 4. The number of carbonyl (C=O) groups is 1. The van der Waals surface area contributed by atoms with Crippen LogP contribution in [-0.4, -0.2) is 12.5 Å². The Morgan fingerprint density at radius 1 is 1.21 bits per heavy atom. The van der Waals surface area contributed by atoms with E-state index in [1.807, 2.05) is 18.2 Å². The summed E-state index contributed by atoms with van der Waals surface area (Å²) in [5.41, 5.74) is 0.673. The minimum Gasteiger partial charge on any atom is -0.481 e. The zero-order valence-corrected chi connectivity index (χ0v) is 11.5. The summed E-state index contributed by atoms with van der Waals surface area (Å²) in [5, 5.41) is 2.65. The normalized spacial score (nSPS) is 10.0. The van der Waals surface area contributed by atoms with Gasteiger partial charge in [-0.3, -0.25) is 4.79 Å². The molecule has 0 aromatic heterocycles. The summed E-state index contributed by atoms with van der Waals surface area (Å²) in [6.45, 7) is -0.243. The summed E-state index contributed by atoms with van der Waals surface area (Å²) in [7, 11) is 0. The van der Waals surface area contributed by atoms with Gasteiger partial charge in [0, 0.05) is 10.2 Å². The van der Waals surface area contributed by atoms with Gasteiger partial charge in [0.1, 0.15) is 0 Å². The first-order valence-corrected chi connectivity index (χ1v) is 6.37. The average molecular weight is 324 g/mol. The molecule has 1 N–H and O–H groups in total. The minimum atomic E-state index is -0.512. The Kier molecular flexibility index (Phi) is 4.52. The molecule has 0 radical (unpaired) electrons. The Labute approximate surface area is 118 Å². The molecule has 2 aromatic rings. The standard InChI is InChI=1S/C14H11BrFNO2/c15-10-6-7-13(12(16)8-10)19-9-14(18)17-11-4-2-1-3-5-11/h1-8H,9H2,(H,17,18). The van der Waals surface area contributed by atoms with Gasteiger partial charge in [0.25, 0.3) is 5.91 Å². The highest BCUT2D eigenvalue weighted by atomic mass is 79.9. The Morgan fingerprint density at radius 3 is 2.63 bits per heavy atom. The molecule has 0 aliphatic heterocycles. The number of amides is 1. The summed E-state index contributed by atoms with van der Waals surface area (Å²) in [6, 6.07) is 13.4. The lowest BCUT2D eigenvalue weighted by atomic mass is 10.3. The van der Waals surface area contributed by atoms with Crippen LogP contribution in [0.15, 0.2) is 53.0 Å². The third kappa shape index (κ3) is 4.06. The van der Waals surface area contributed by atoms with Crippen LogP contribution in [0, 0.1) is 5.82 Å². The van der Waals surface area contributed by atoms with Crippen LogP contribution in [0.5, 0.6) is 5.75 Å². The number of benzene rings is 2. The first-order valence-electron chi connectivity index (χ1n) is 5.58. The van der Waals surface area contributed by atoms with Crippen molar-refractivity contribution in [3.8, 4) is 5.75 Å². The molecule has 0 fully saturated rings. The topological polar surface area (TPSA) is 38.3 Å². The predicted octanol–water partition coefficient (Wildman–Crippen LogP) is 3.61. The summed E-state index contributed by atoms with van der Waals surface area (Å²) < 4.78 is 19.2. The van der Waals surface area contributed by atoms with Gasteiger partial charge in [-0.15, -0.1) is 0 Å². The Bertz CT molecular complexity index is 575. The average Bonchev–Trinajstić information content (AvgIpc) is 2.39. The molecule has 0 aliphatic carbocycles. The molecule has 0 atom stereocenters. The predicted molar refractivity (Wildman–Crippen MR) is 74.7 cm³/mol. The molecule has 2 rings (SSSR count). The largest absolute Gasteiger partial charge is 0.481 e. The van der Waals surface area contributed by atoms with E-state index in [1.54, 1.807) is 18.2 Å². The molecule has 98 valence electrons. The second kappa shape index (κ2) is 6.33. The van der Waals surface area contributed by atoms with Crippen LogP contribution in [0.2, 0.25) is 0 Å². The van der Waals surface area contributed by atoms with E-state index in [4.69, 9.17) is 4.74 Å². The molecule has 0 spiro atoms. The van der Waals surface area contributed by atoms with Crippen molar-refractivity contribution in [2.45, 2.75) is 0 Å². The lowest BCUT2D eigenvalue weighted by Crippen LogP contribution is -2.20. The van der Waals surface area contributed by atoms with E-state index < -0.39 is 5.82 Å². The van der Waals surface area contributed by atoms with Crippen LogP contribution in [0.1, 0.15) is 0 Å². The van der Waals surface area contributed by atoms with Crippen LogP contribution in [0.25, 0.3) is 0 Å². The SMILES string of the molecule is O=C(COc1ccc(Br)cc1F)Nc1ccccc1. The fourth-order valence-corrected chi connectivity index (χ4v) is 1.79. The van der Waals surface area contributed by atoms with Crippen molar-refractivity contribution in [3.05, 3.63) is 58.8 Å². The van der Waals surface area contributed by atoms with E-state index in [-0.39, 0.29) is 18.3 Å². The monoisotopic (exact) mass is 323 g/mol. The van der Waals surface area contributed by atoms with Crippen molar-refractivity contribution in [2.24, 2.45) is 0 Å². The molecule has 2 aromatic carbocycles. The highest BCUT2D eigenvalue weighted by Gasteiger charge is 2.07. The number of carbonyl (C=O) groups excluding carboxylic acids is 1. The molecule has 0 heterocycles. The number of ether oxygens (including phenoxy) is 1. The molecule has 0 aliphatic rings. The summed E-state index contributed by atoms with van der Waals surface area (Å²) >= 11 is 3.15. The Hall–Kier alpha value is -1.88. The zero-order chi connectivity index (χ0) is 13.7. The van der Waals surface area contributed by atoms with Crippen molar-refractivity contribution in [1.29, 1.82) is 0 Å². The van der Waals surface area contributed by atoms with E-state index in [0.29, 0.717) is 10.2 Å². The third-order valence-electron chi connectivity index (χ3n) is 2.31. The lowest BCUT2D eigenvalue weighted by Gasteiger charge is -2.08. The molecule has 0 saturated carbocycles. The van der Waals surface area contributed by atoms with E-state index in [1.165, 1.54) is 12.1 Å². The molecule has 0 saturated heterocycles. The van der Waals surface area contributed by atoms with Crippen molar-refractivity contribution in [1.82, 2.24) is 0 Å². The second-order valence-electron chi connectivity index (χ2n) is 3.78. The number of para-hydroxylation sites is 1. The van der Waals surface area contributed by atoms with Crippen LogP contribution in [-0.2, 0) is 4.79 Å². The van der Waals surface area contributed by atoms with Crippen molar-refractivity contribution in [2.75, 3.05) is 11.9 Å². The number of halogens is 2. The third-order valence-corrected chi connectivity index (χ3v) is 2.80. The molecule has 5 heteroatoms. The Morgan fingerprint density at radius 2 is 1.95 bits per heavy atom. The highest BCUT2D eigenvalue weighted by Crippen LogP contribution is 2.21. The molecular formula is C14H11BrFNO2. The van der Waals surface area contributed by atoms with Crippen LogP contribution in [0.4, 0.5) is 10.1 Å². The first-order chi connectivity index (χ1) is 9.15. The smallest absolute Gasteiger partial charge is 0.262 e. The molecule has 0 unspecified atom stereocenters. The summed E-state index contributed by atoms with van der Waals surface area (Å²) in [5.74, 6) is -0.804. The molecule has 1 amide bonds. The summed E-state index contributed by atoms with van der Waals surface area (Å²) in [4.78, 5) is 11.6. The van der Waals surface area contributed by atoms with Gasteiger partial charge < -0.3 is 10.1 Å². The van der Waals surface area contributed by atoms with Crippen molar-refractivity contribution in [3.63, 3.8) is 0 Å². The number of hydrogen-bond donors (Lipinski definition) is 1. The van der Waals surface area contributed by atoms with Gasteiger partial charge in [-0.2, -0.15) is 0 Å². The van der Waals surface area contributed by atoms with E-state index >= 15 is 0 Å². The van der Waals surface area contributed by atoms with E-state index in [9.17, 15) is 9.18 Å². The minimum absolute atomic E-state index is 0.0476. The molecule has 3 nitrogen and oxygen atoms in total. The maximum absolute atomic E-state index is 13.4. The van der Waals surface area contributed by atoms with E-state index in [2.05, 4.69) is 21.2 Å². The second-order valence-corrected chi connectivity index (χ2v) is 4.69. The van der Waals surface area contributed by atoms with Gasteiger partial charge in [0.15, 0.2) is 18.2 Å². The number of nitrogens with one attached hydrogen (secondary N) is 1. The van der Waals surface area contributed by atoms with Crippen molar-refractivity contribution < 1.29 is 13.9 Å². The summed E-state index contributed by atoms with van der Waals surface area (Å²) in [6.07, 6.45) is 0. The zero-order valence-electron chi connectivity index (χ0n) is 9.90. The van der Waals surface area contributed by atoms with Gasteiger partial charge in [-0.25, -0.2) is 4.39 Å². The molecular weight excluding hydrogens is 313 g/mol. The van der Waals surface area contributed by atoms with Gasteiger partial charge in [-0.05, 0) is 30.3 Å². The van der Waals surface area contributed by atoms with Gasteiger partial charge >= 0.3 is 0 Å². The highest BCUT2D eigenvalue weighted by molar-refractivity contribution is 9.10. The Balaban J connectivity index is 1.90. The van der Waals surface area contributed by atoms with Gasteiger partial charge in [0.05, 0.1) is 0 Å². The lowest BCUT2D eigenvalue weighted by molar-refractivity contribution is -0.118. The number of hydrogen-bond acceptors (Lipinski definition) is 2. The quantitative estimate of drug-likeness (QED) is 0.933.